The molecule has 1 heterocycles. The van der Waals surface area contributed by atoms with Crippen molar-refractivity contribution in [1.82, 2.24) is 16.0 Å². The third-order valence-electron chi connectivity index (χ3n) is 2.37. The highest BCUT2D eigenvalue weighted by atomic mass is 79.9. The van der Waals surface area contributed by atoms with Crippen molar-refractivity contribution >= 4 is 50.9 Å². The van der Waals surface area contributed by atoms with E-state index in [1.54, 1.807) is 0 Å². The zero-order chi connectivity index (χ0) is 9.19. The van der Waals surface area contributed by atoms with E-state index in [2.05, 4.69) is 16.0 Å². The summed E-state index contributed by atoms with van der Waals surface area (Å²) < 4.78 is 0. The van der Waals surface area contributed by atoms with Crippen LogP contribution in [0.3, 0.4) is 0 Å². The zero-order valence-electron chi connectivity index (χ0n) is 9.80. The molecule has 0 spiro atoms. The highest BCUT2D eigenvalue weighted by Crippen LogP contribution is 1.86. The van der Waals surface area contributed by atoms with Crippen LogP contribution in [0.4, 0.5) is 0 Å². The van der Waals surface area contributed by atoms with Crippen molar-refractivity contribution in [3.05, 3.63) is 0 Å². The number of halogens is 3. The summed E-state index contributed by atoms with van der Waals surface area (Å²) in [5, 5.41) is 10.4. The zero-order valence-corrected chi connectivity index (χ0v) is 14.9. The molecule has 1 saturated heterocycles. The van der Waals surface area contributed by atoms with E-state index < -0.39 is 0 Å². The van der Waals surface area contributed by atoms with Gasteiger partial charge in [-0.1, -0.05) is 0 Å². The Morgan fingerprint density at radius 2 is 0.625 bits per heavy atom. The van der Waals surface area contributed by atoms with Gasteiger partial charge >= 0.3 is 0 Å². The molecule has 3 nitrogen and oxygen atoms in total. The summed E-state index contributed by atoms with van der Waals surface area (Å²) in [5.41, 5.74) is 0. The minimum atomic E-state index is 0. The van der Waals surface area contributed by atoms with Gasteiger partial charge in [-0.3, -0.25) is 0 Å². The maximum Gasteiger partial charge on any atom is -0.00368 e. The van der Waals surface area contributed by atoms with Crippen molar-refractivity contribution in [2.24, 2.45) is 0 Å². The molecule has 1 aliphatic heterocycles. The molecule has 0 amide bonds. The first kappa shape index (κ1) is 22.5. The molecule has 1 rings (SSSR count). The fraction of sp³-hybridized carbons (Fsp3) is 1.00. The number of nitrogens with one attached hydrogen (secondary N) is 3. The Kier molecular flexibility index (Phi) is 26.3. The van der Waals surface area contributed by atoms with Gasteiger partial charge in [0.25, 0.3) is 0 Å². The van der Waals surface area contributed by atoms with Gasteiger partial charge in [-0.05, 0) is 65.0 Å². The Morgan fingerprint density at radius 1 is 0.375 bits per heavy atom. The molecular formula is C10H26Br3N3. The second kappa shape index (κ2) is 18.7. The summed E-state index contributed by atoms with van der Waals surface area (Å²) in [6, 6.07) is 0. The fourth-order valence-electron chi connectivity index (χ4n) is 1.55. The lowest BCUT2D eigenvalue weighted by molar-refractivity contribution is 0.582. The van der Waals surface area contributed by atoms with E-state index in [1.165, 1.54) is 51.9 Å². The van der Waals surface area contributed by atoms with Gasteiger partial charge in [-0.25, -0.2) is 0 Å². The highest BCUT2D eigenvalue weighted by Gasteiger charge is 1.93. The van der Waals surface area contributed by atoms with E-state index in [0.29, 0.717) is 0 Å². The van der Waals surface area contributed by atoms with Gasteiger partial charge in [-0.2, -0.15) is 0 Å². The van der Waals surface area contributed by atoms with E-state index in [4.69, 9.17) is 0 Å². The smallest absolute Gasteiger partial charge is 0.00368 e. The molecule has 1 aliphatic rings. The van der Waals surface area contributed by atoms with E-state index in [1.807, 2.05) is 0 Å². The Labute approximate surface area is 131 Å². The van der Waals surface area contributed by atoms with Crippen LogP contribution in [0.2, 0.25) is 0 Å². The maximum absolute atomic E-state index is 3.46. The molecule has 3 N–H and O–H groups in total. The predicted octanol–water partition coefficient (Wildman–Crippen LogP) is 2.06. The lowest BCUT2D eigenvalue weighted by atomic mass is 10.3. The molecule has 6 heteroatoms. The van der Waals surface area contributed by atoms with Gasteiger partial charge in [-0.15, -0.1) is 50.9 Å². The third-order valence-corrected chi connectivity index (χ3v) is 2.37. The maximum atomic E-state index is 3.46. The molecule has 0 atom stereocenters. The Morgan fingerprint density at radius 3 is 0.938 bits per heavy atom. The van der Waals surface area contributed by atoms with Gasteiger partial charge in [0.15, 0.2) is 0 Å². The molecule has 0 unspecified atom stereocenters. The number of hydrogen-bond donors (Lipinski definition) is 3. The van der Waals surface area contributed by atoms with E-state index in [9.17, 15) is 0 Å². The van der Waals surface area contributed by atoms with Gasteiger partial charge < -0.3 is 16.0 Å². The number of hydrogen-bond acceptors (Lipinski definition) is 3. The summed E-state index contributed by atoms with van der Waals surface area (Å²) in [6.45, 7) is 7.02. The average Bonchev–Trinajstić information content (AvgIpc) is 2.18. The SMILES string of the molecule is Br.Br.Br.C1CCNCCCNCCCNC1. The van der Waals surface area contributed by atoms with E-state index in [-0.39, 0.29) is 50.9 Å². The largest absolute Gasteiger partial charge is 0.317 e. The molecule has 16 heavy (non-hydrogen) atoms. The molecule has 1 fully saturated rings. The van der Waals surface area contributed by atoms with Crippen LogP contribution in [0.1, 0.15) is 25.7 Å². The Balaban J connectivity index is -0.000000563. The summed E-state index contributed by atoms with van der Waals surface area (Å²) in [4.78, 5) is 0. The Hall–Kier alpha value is 1.32. The quantitative estimate of drug-likeness (QED) is 0.553. The molecule has 102 valence electrons. The number of rotatable bonds is 0. The molecule has 0 aromatic carbocycles. The van der Waals surface area contributed by atoms with Crippen molar-refractivity contribution in [3.8, 4) is 0 Å². The second-order valence-electron chi connectivity index (χ2n) is 3.66. The average molecular weight is 428 g/mol. The third kappa shape index (κ3) is 15.3. The first-order valence-electron chi connectivity index (χ1n) is 5.62. The molecule has 0 bridgehead atoms. The van der Waals surface area contributed by atoms with Crippen LogP contribution in [-0.4, -0.2) is 39.3 Å². The van der Waals surface area contributed by atoms with Gasteiger partial charge in [0.2, 0.25) is 0 Å². The van der Waals surface area contributed by atoms with Gasteiger partial charge in [0, 0.05) is 0 Å². The van der Waals surface area contributed by atoms with Crippen LogP contribution in [-0.2, 0) is 0 Å². The van der Waals surface area contributed by atoms with Crippen molar-refractivity contribution < 1.29 is 0 Å². The van der Waals surface area contributed by atoms with E-state index >= 15 is 0 Å². The summed E-state index contributed by atoms with van der Waals surface area (Å²) >= 11 is 0. The summed E-state index contributed by atoms with van der Waals surface area (Å²) in [6.07, 6.45) is 5.13. The van der Waals surface area contributed by atoms with Crippen LogP contribution in [0, 0.1) is 0 Å². The van der Waals surface area contributed by atoms with Crippen molar-refractivity contribution in [2.75, 3.05) is 39.3 Å². The van der Waals surface area contributed by atoms with Crippen LogP contribution in [0.5, 0.6) is 0 Å². The topological polar surface area (TPSA) is 36.1 Å². The first-order chi connectivity index (χ1) is 6.50. The fourth-order valence-corrected chi connectivity index (χ4v) is 1.55. The second-order valence-corrected chi connectivity index (χ2v) is 3.66. The highest BCUT2D eigenvalue weighted by molar-refractivity contribution is 8.93. The van der Waals surface area contributed by atoms with Gasteiger partial charge in [0.05, 0.1) is 0 Å². The summed E-state index contributed by atoms with van der Waals surface area (Å²) in [5.74, 6) is 0. The van der Waals surface area contributed by atoms with Gasteiger partial charge in [0.1, 0.15) is 0 Å². The molecule has 0 aromatic heterocycles. The van der Waals surface area contributed by atoms with Crippen molar-refractivity contribution in [2.45, 2.75) is 25.7 Å². The molecule has 0 radical (unpaired) electrons. The van der Waals surface area contributed by atoms with Crippen LogP contribution < -0.4 is 16.0 Å². The normalized spacial score (nSPS) is 19.5. The molecular weight excluding hydrogens is 402 g/mol. The predicted molar refractivity (Wildman–Crippen MR) is 88.0 cm³/mol. The lowest BCUT2D eigenvalue weighted by Crippen LogP contribution is -2.24. The molecule has 0 aliphatic carbocycles. The minimum absolute atomic E-state index is 0. The van der Waals surface area contributed by atoms with E-state index in [0.717, 1.165) is 13.1 Å². The lowest BCUT2D eigenvalue weighted by Gasteiger charge is -2.04. The summed E-state index contributed by atoms with van der Waals surface area (Å²) in [7, 11) is 0. The monoisotopic (exact) mass is 425 g/mol. The van der Waals surface area contributed by atoms with Crippen molar-refractivity contribution in [3.63, 3.8) is 0 Å². The van der Waals surface area contributed by atoms with Crippen LogP contribution >= 0.6 is 50.9 Å². The van der Waals surface area contributed by atoms with Crippen LogP contribution in [0.15, 0.2) is 0 Å². The minimum Gasteiger partial charge on any atom is -0.317 e. The first-order valence-corrected chi connectivity index (χ1v) is 5.62. The van der Waals surface area contributed by atoms with Crippen LogP contribution in [0.25, 0.3) is 0 Å². The molecule has 0 saturated carbocycles. The van der Waals surface area contributed by atoms with Crippen molar-refractivity contribution in [1.29, 1.82) is 0 Å². The standard InChI is InChI=1S/C10H23N3.3BrH/c1-2-6-12-8-4-10-13-9-3-7-11-5-1;;;/h11-13H,1-10H2;3*1H. The molecule has 0 aromatic rings. The Bertz CT molecular complexity index is 69.4.